The van der Waals surface area contributed by atoms with Crippen LogP contribution in [0, 0.1) is 39.9 Å². The monoisotopic (exact) mass is 1220 g/mol. The first-order valence-corrected chi connectivity index (χ1v) is 18.2. The number of rotatable bonds is 0. The average molecular weight is 1220 g/mol. The molecule has 0 spiro atoms. The third-order valence-corrected chi connectivity index (χ3v) is 3.98. The molecule has 0 saturated heterocycles. The Morgan fingerprint density at radius 3 is 0.338 bits per heavy atom. The molecule has 0 fully saturated rings. The molecule has 0 nitrogen and oxygen atoms in total. The van der Waals surface area contributed by atoms with Crippen molar-refractivity contribution < 1.29 is 87.8 Å². The first kappa shape index (κ1) is 194. The molecular formula is C57H152F20. The topological polar surface area (TPSA) is 0 Å². The highest BCUT2D eigenvalue weighted by Gasteiger charge is 2.64. The van der Waals surface area contributed by atoms with Crippen molar-refractivity contribution in [2.24, 2.45) is 39.9 Å². The zero-order valence-electron chi connectivity index (χ0n) is 39.8. The minimum absolute atomic E-state index is 0. The van der Waals surface area contributed by atoms with Gasteiger partial charge in [-0.25, -0.2) is 0 Å². The SMILES string of the molecule is C.C.C.C.C.C.C.C.C.C.C.C.C.C.C.C.C.C.CC(C)(C(F)(F)F)C(F)(F)F.CC(C)(C)C.CC(C)(C)C(F)(F)F.CC(C)C.CC(C)C.CC(C)C(F)(F)F.CC(C)C(F)(F)F.CCC.CCC(F)(F)F.CF.CF. The summed E-state index contributed by atoms with van der Waals surface area (Å²) in [5.74, 6) is -0.736. The van der Waals surface area contributed by atoms with Crippen LogP contribution >= 0.6 is 0 Å². The molecule has 0 heterocycles. The fourth-order valence-corrected chi connectivity index (χ4v) is 0.161. The van der Waals surface area contributed by atoms with Gasteiger partial charge in [0.15, 0.2) is 5.41 Å². The Kier molecular flexibility index (Phi) is 229. The highest BCUT2D eigenvalue weighted by atomic mass is 19.4. The predicted octanol–water partition coefficient (Wildman–Crippen LogP) is 31.5. The molecule has 0 radical (unpaired) electrons. The Bertz CT molecular complexity index is 740. The summed E-state index contributed by atoms with van der Waals surface area (Å²) in [6.07, 6.45) is -26.0. The standard InChI is InChI=1S/C5H6F6.C5H9F3.C5H12.2C4H7F3.2C4H10.C3H5F3.C3H8.2CH3F.18CH4/c1-3(2,4(6,7)8)5(9,10)11;1-4(2,3)5(6,7)8;1-5(2,3)4;2*1-3(2)4(5,6)7;2*1-4(2)3;1-2-3(4,5)6;1-3-2;2*1-2;;;;;;;;;;;;;;;;;;/h1-2H3;1-3H3;1-4H3;2*3H,1-2H3;2*4H,1-3H3;2H2,1H3;3H2,1-2H3;2*1H3;18*1H4. The zero-order chi connectivity index (χ0) is 52.2. The lowest BCUT2D eigenvalue weighted by atomic mass is 9.92. The molecule has 0 amide bonds. The van der Waals surface area contributed by atoms with Gasteiger partial charge in [0, 0.05) is 18.3 Å². The van der Waals surface area contributed by atoms with Crippen LogP contribution in [0.2, 0.25) is 0 Å². The minimum Gasteiger partial charge on any atom is -0.255 e. The summed E-state index contributed by atoms with van der Waals surface area (Å²) in [4.78, 5) is 0. The highest BCUT2D eigenvalue weighted by Crippen LogP contribution is 2.49. The zero-order valence-corrected chi connectivity index (χ0v) is 39.8. The summed E-state index contributed by atoms with van der Waals surface area (Å²) < 4.78 is 223. The molecular weight excluding hydrogens is 1060 g/mol. The fraction of sp³-hybridized carbons (Fsp3) is 1.00. The van der Waals surface area contributed by atoms with Crippen LogP contribution in [0.4, 0.5) is 87.8 Å². The Morgan fingerprint density at radius 1 is 0.273 bits per heavy atom. The molecule has 77 heavy (non-hydrogen) atoms. The Labute approximate surface area is 477 Å². The van der Waals surface area contributed by atoms with E-state index in [1.807, 2.05) is 0 Å². The summed E-state index contributed by atoms with van der Waals surface area (Å²) in [7, 11) is 1.00. The van der Waals surface area contributed by atoms with Gasteiger partial charge in [0.05, 0.1) is 19.8 Å². The Hall–Kier alpha value is -1.40. The van der Waals surface area contributed by atoms with E-state index in [2.05, 4.69) is 83.1 Å². The van der Waals surface area contributed by atoms with E-state index in [-0.39, 0.29) is 148 Å². The molecule has 0 aromatic carbocycles. The molecule has 0 aliphatic rings. The highest BCUT2D eigenvalue weighted by molar-refractivity contribution is 4.84. The summed E-state index contributed by atoms with van der Waals surface area (Å²) in [5, 5.41) is 0. The van der Waals surface area contributed by atoms with Crippen LogP contribution in [-0.4, -0.2) is 51.4 Å². The van der Waals surface area contributed by atoms with Crippen LogP contribution in [0.15, 0.2) is 0 Å². The van der Waals surface area contributed by atoms with Crippen LogP contribution in [0.5, 0.6) is 0 Å². The fourth-order valence-electron chi connectivity index (χ4n) is 0.161. The maximum absolute atomic E-state index is 11.6. The Balaban J connectivity index is -0.0000000122. The molecule has 0 aromatic heterocycles. The number of alkyl halides is 20. The van der Waals surface area contributed by atoms with E-state index < -0.39 is 66.1 Å². The first-order valence-electron chi connectivity index (χ1n) is 18.2. The van der Waals surface area contributed by atoms with Crippen molar-refractivity contribution in [1.29, 1.82) is 0 Å². The minimum atomic E-state index is -5.24. The molecule has 20 heteroatoms. The number of halogens is 20. The van der Waals surface area contributed by atoms with E-state index >= 15 is 0 Å². The molecule has 0 rings (SSSR count). The summed E-state index contributed by atoms with van der Waals surface area (Å²) in [6.45, 7) is 35.2. The van der Waals surface area contributed by atoms with E-state index in [0.29, 0.717) is 19.8 Å². The maximum Gasteiger partial charge on any atom is 0.402 e. The van der Waals surface area contributed by atoms with Gasteiger partial charge >= 0.3 is 37.1 Å². The van der Waals surface area contributed by atoms with Crippen LogP contribution in [0.25, 0.3) is 0 Å². The van der Waals surface area contributed by atoms with Crippen molar-refractivity contribution >= 4 is 0 Å². The van der Waals surface area contributed by atoms with Gasteiger partial charge in [0.1, 0.15) is 0 Å². The van der Waals surface area contributed by atoms with Gasteiger partial charge in [-0.3, -0.25) is 8.78 Å². The molecule has 0 unspecified atom stereocenters. The van der Waals surface area contributed by atoms with Crippen LogP contribution in [0.1, 0.15) is 299 Å². The summed E-state index contributed by atoms with van der Waals surface area (Å²) in [5.41, 5.74) is -4.69. The Morgan fingerprint density at radius 2 is 0.338 bits per heavy atom. The van der Waals surface area contributed by atoms with Crippen LogP contribution in [0.3, 0.4) is 0 Å². The molecule has 0 N–H and O–H groups in total. The quantitative estimate of drug-likeness (QED) is 0.212. The second kappa shape index (κ2) is 91.1. The van der Waals surface area contributed by atoms with Crippen LogP contribution in [-0.2, 0) is 0 Å². The number of hydrogen-bond donors (Lipinski definition) is 0. The average Bonchev–Trinajstić information content (AvgIpc) is 2.92. The smallest absolute Gasteiger partial charge is 0.255 e. The number of hydrogen-bond acceptors (Lipinski definition) is 0. The summed E-state index contributed by atoms with van der Waals surface area (Å²) >= 11 is 0. The molecule has 0 aliphatic heterocycles. The van der Waals surface area contributed by atoms with Gasteiger partial charge in [-0.05, 0) is 31.1 Å². The molecule has 520 valence electrons. The molecule has 0 saturated carbocycles. The lowest BCUT2D eigenvalue weighted by molar-refractivity contribution is -0.327. The lowest BCUT2D eigenvalue weighted by Crippen LogP contribution is -2.44. The molecule has 0 aromatic rings. The van der Waals surface area contributed by atoms with Crippen molar-refractivity contribution in [2.75, 3.05) is 14.4 Å². The van der Waals surface area contributed by atoms with Crippen molar-refractivity contribution in [2.45, 2.75) is 336 Å². The second-order valence-electron chi connectivity index (χ2n) is 16.9. The third-order valence-electron chi connectivity index (χ3n) is 3.98. The molecule has 0 atom stereocenters. The third kappa shape index (κ3) is 239. The van der Waals surface area contributed by atoms with Gasteiger partial charge in [0.2, 0.25) is 0 Å². The van der Waals surface area contributed by atoms with E-state index in [1.165, 1.54) is 6.42 Å². The molecule has 0 bridgehead atoms. The lowest BCUT2D eigenvalue weighted by Gasteiger charge is -2.29. The van der Waals surface area contributed by atoms with Crippen molar-refractivity contribution in [1.82, 2.24) is 0 Å². The normalized spacial score (nSPS) is 9.04. The van der Waals surface area contributed by atoms with Gasteiger partial charge in [-0.2, -0.15) is 79.0 Å². The second-order valence-corrected chi connectivity index (χ2v) is 16.9. The van der Waals surface area contributed by atoms with Crippen molar-refractivity contribution in [3.8, 4) is 0 Å². The van der Waals surface area contributed by atoms with E-state index in [4.69, 9.17) is 0 Å². The first-order chi connectivity index (χ1) is 25.1. The van der Waals surface area contributed by atoms with Gasteiger partial charge < -0.3 is 0 Å². The van der Waals surface area contributed by atoms with E-state index in [0.717, 1.165) is 67.2 Å². The van der Waals surface area contributed by atoms with E-state index in [1.54, 1.807) is 0 Å². The maximum atomic E-state index is 11.6. The predicted molar refractivity (Wildman–Crippen MR) is 327 cm³/mol. The largest absolute Gasteiger partial charge is 0.402 e. The van der Waals surface area contributed by atoms with Crippen LogP contribution < -0.4 is 0 Å². The molecule has 0 aliphatic carbocycles. The van der Waals surface area contributed by atoms with Crippen molar-refractivity contribution in [3.63, 3.8) is 0 Å². The van der Waals surface area contributed by atoms with Gasteiger partial charge in [-0.15, -0.1) is 0 Å². The van der Waals surface area contributed by atoms with Crippen molar-refractivity contribution in [3.05, 3.63) is 0 Å². The van der Waals surface area contributed by atoms with Gasteiger partial charge in [-0.1, -0.05) is 279 Å². The van der Waals surface area contributed by atoms with E-state index in [9.17, 15) is 87.8 Å². The summed E-state index contributed by atoms with van der Waals surface area (Å²) in [6, 6.07) is 0. The van der Waals surface area contributed by atoms with Gasteiger partial charge in [0.25, 0.3) is 0 Å².